The maximum Gasteiger partial charge on any atom is 0.203 e. The van der Waals surface area contributed by atoms with Crippen molar-refractivity contribution in [3.05, 3.63) is 66.1 Å². The van der Waals surface area contributed by atoms with Gasteiger partial charge in [-0.15, -0.1) is 0 Å². The van der Waals surface area contributed by atoms with E-state index in [1.165, 1.54) is 5.56 Å². The number of para-hydroxylation sites is 2. The third kappa shape index (κ3) is 1.90. The first-order valence-electron chi connectivity index (χ1n) is 6.29. The summed E-state index contributed by atoms with van der Waals surface area (Å²) in [5, 5.41) is 0. The molecule has 0 aliphatic rings. The van der Waals surface area contributed by atoms with Crippen molar-refractivity contribution in [2.75, 3.05) is 0 Å². The van der Waals surface area contributed by atoms with Crippen molar-refractivity contribution in [1.29, 1.82) is 0 Å². The van der Waals surface area contributed by atoms with Gasteiger partial charge in [0.1, 0.15) is 5.52 Å². The average molecular weight is 237 g/mol. The standard InChI is InChI=1S/C16H15NO/c1-2-13(12-8-4-3-5-9-12)16-17-14-10-6-7-11-15(14)18-16/h3-11,13H,2H2,1H3. The lowest BCUT2D eigenvalue weighted by atomic mass is 9.97. The second kappa shape index (κ2) is 4.65. The molecule has 0 N–H and O–H groups in total. The lowest BCUT2D eigenvalue weighted by molar-refractivity contribution is 0.493. The van der Waals surface area contributed by atoms with E-state index in [1.54, 1.807) is 0 Å². The van der Waals surface area contributed by atoms with Crippen LogP contribution in [0.5, 0.6) is 0 Å². The van der Waals surface area contributed by atoms with Crippen LogP contribution < -0.4 is 0 Å². The molecule has 1 unspecified atom stereocenters. The summed E-state index contributed by atoms with van der Waals surface area (Å²) in [4.78, 5) is 4.59. The molecule has 90 valence electrons. The van der Waals surface area contributed by atoms with Gasteiger partial charge in [0, 0.05) is 0 Å². The first-order valence-corrected chi connectivity index (χ1v) is 6.29. The zero-order chi connectivity index (χ0) is 12.4. The van der Waals surface area contributed by atoms with E-state index in [2.05, 4.69) is 36.2 Å². The maximum absolute atomic E-state index is 5.86. The van der Waals surface area contributed by atoms with E-state index in [1.807, 2.05) is 30.3 Å². The summed E-state index contributed by atoms with van der Waals surface area (Å²) in [6.45, 7) is 2.16. The second-order valence-electron chi connectivity index (χ2n) is 4.39. The molecule has 0 fully saturated rings. The quantitative estimate of drug-likeness (QED) is 0.676. The molecule has 0 radical (unpaired) electrons. The summed E-state index contributed by atoms with van der Waals surface area (Å²) in [5.74, 6) is 1.04. The second-order valence-corrected chi connectivity index (χ2v) is 4.39. The van der Waals surface area contributed by atoms with Crippen LogP contribution in [0.2, 0.25) is 0 Å². The molecular formula is C16H15NO. The van der Waals surface area contributed by atoms with E-state index in [4.69, 9.17) is 4.42 Å². The van der Waals surface area contributed by atoms with Crippen LogP contribution in [-0.4, -0.2) is 4.98 Å². The molecule has 1 atom stereocenters. The Hall–Kier alpha value is -2.09. The summed E-state index contributed by atoms with van der Waals surface area (Å²) in [6.07, 6.45) is 0.983. The van der Waals surface area contributed by atoms with Gasteiger partial charge in [0.05, 0.1) is 5.92 Å². The van der Waals surface area contributed by atoms with E-state index < -0.39 is 0 Å². The van der Waals surface area contributed by atoms with Crippen LogP contribution in [0.4, 0.5) is 0 Å². The number of benzene rings is 2. The molecular weight excluding hydrogens is 222 g/mol. The number of oxazole rings is 1. The molecule has 0 bridgehead atoms. The van der Waals surface area contributed by atoms with Crippen LogP contribution in [0.1, 0.15) is 30.7 Å². The Bertz CT molecular complexity index is 609. The van der Waals surface area contributed by atoms with E-state index in [0.29, 0.717) is 0 Å². The van der Waals surface area contributed by atoms with Crippen LogP contribution in [0.15, 0.2) is 59.0 Å². The van der Waals surface area contributed by atoms with E-state index >= 15 is 0 Å². The van der Waals surface area contributed by atoms with Crippen molar-refractivity contribution in [2.24, 2.45) is 0 Å². The van der Waals surface area contributed by atoms with Crippen LogP contribution in [0.3, 0.4) is 0 Å². The molecule has 0 aliphatic carbocycles. The molecule has 1 aromatic heterocycles. The minimum absolute atomic E-state index is 0.235. The number of rotatable bonds is 3. The van der Waals surface area contributed by atoms with Gasteiger partial charge in [-0.05, 0) is 24.1 Å². The van der Waals surface area contributed by atoms with Gasteiger partial charge in [-0.2, -0.15) is 0 Å². The molecule has 3 rings (SSSR count). The Morgan fingerprint density at radius 3 is 2.44 bits per heavy atom. The molecule has 0 saturated heterocycles. The smallest absolute Gasteiger partial charge is 0.203 e. The SMILES string of the molecule is CCC(c1ccccc1)c1nc2ccccc2o1. The first kappa shape index (κ1) is 11.0. The van der Waals surface area contributed by atoms with E-state index in [9.17, 15) is 0 Å². The molecule has 0 saturated carbocycles. The Labute approximate surface area is 106 Å². The number of nitrogens with zero attached hydrogens (tertiary/aromatic N) is 1. The van der Waals surface area contributed by atoms with Gasteiger partial charge in [-0.1, -0.05) is 49.4 Å². The third-order valence-corrected chi connectivity index (χ3v) is 3.22. The lowest BCUT2D eigenvalue weighted by Crippen LogP contribution is -1.99. The number of aromatic nitrogens is 1. The number of fused-ring (bicyclic) bond motifs is 1. The Kier molecular flexibility index (Phi) is 2.85. The summed E-state index contributed by atoms with van der Waals surface area (Å²) in [6, 6.07) is 18.3. The number of hydrogen-bond donors (Lipinski definition) is 0. The first-order chi connectivity index (χ1) is 8.88. The normalized spacial score (nSPS) is 12.7. The van der Waals surface area contributed by atoms with Gasteiger partial charge in [-0.25, -0.2) is 4.98 Å². The van der Waals surface area contributed by atoms with Gasteiger partial charge in [0.15, 0.2) is 5.58 Å². The average Bonchev–Trinajstić information content (AvgIpc) is 2.84. The Balaban J connectivity index is 2.06. The summed E-state index contributed by atoms with van der Waals surface area (Å²) < 4.78 is 5.86. The molecule has 2 aromatic carbocycles. The number of hydrogen-bond acceptors (Lipinski definition) is 2. The van der Waals surface area contributed by atoms with Gasteiger partial charge < -0.3 is 4.42 Å². The highest BCUT2D eigenvalue weighted by atomic mass is 16.3. The van der Waals surface area contributed by atoms with Crippen molar-refractivity contribution in [3.63, 3.8) is 0 Å². The van der Waals surface area contributed by atoms with Crippen molar-refractivity contribution >= 4 is 11.1 Å². The van der Waals surface area contributed by atoms with Crippen LogP contribution in [0.25, 0.3) is 11.1 Å². The summed E-state index contributed by atoms with van der Waals surface area (Å²) in [7, 11) is 0. The zero-order valence-electron chi connectivity index (χ0n) is 10.3. The van der Waals surface area contributed by atoms with Gasteiger partial charge in [0.25, 0.3) is 0 Å². The fraction of sp³-hybridized carbons (Fsp3) is 0.188. The van der Waals surface area contributed by atoms with Crippen LogP contribution in [0, 0.1) is 0 Å². The van der Waals surface area contributed by atoms with Gasteiger partial charge in [0.2, 0.25) is 5.89 Å². The van der Waals surface area contributed by atoms with Gasteiger partial charge >= 0.3 is 0 Å². The summed E-state index contributed by atoms with van der Waals surface area (Å²) >= 11 is 0. The van der Waals surface area contributed by atoms with Crippen molar-refractivity contribution in [3.8, 4) is 0 Å². The molecule has 2 heteroatoms. The lowest BCUT2D eigenvalue weighted by Gasteiger charge is -2.10. The van der Waals surface area contributed by atoms with E-state index in [0.717, 1.165) is 23.4 Å². The molecule has 0 amide bonds. The predicted octanol–water partition coefficient (Wildman–Crippen LogP) is 4.37. The zero-order valence-corrected chi connectivity index (χ0v) is 10.3. The molecule has 18 heavy (non-hydrogen) atoms. The monoisotopic (exact) mass is 237 g/mol. The predicted molar refractivity (Wildman–Crippen MR) is 72.6 cm³/mol. The highest BCUT2D eigenvalue weighted by molar-refractivity contribution is 5.72. The minimum atomic E-state index is 0.235. The molecule has 0 spiro atoms. The molecule has 2 nitrogen and oxygen atoms in total. The fourth-order valence-electron chi connectivity index (χ4n) is 2.28. The Morgan fingerprint density at radius 2 is 1.72 bits per heavy atom. The topological polar surface area (TPSA) is 26.0 Å². The van der Waals surface area contributed by atoms with E-state index in [-0.39, 0.29) is 5.92 Å². The Morgan fingerprint density at radius 1 is 1.00 bits per heavy atom. The van der Waals surface area contributed by atoms with Crippen LogP contribution >= 0.6 is 0 Å². The maximum atomic E-state index is 5.86. The highest BCUT2D eigenvalue weighted by Gasteiger charge is 2.17. The van der Waals surface area contributed by atoms with Crippen LogP contribution in [-0.2, 0) is 0 Å². The molecule has 0 aliphatic heterocycles. The van der Waals surface area contributed by atoms with Crippen molar-refractivity contribution in [2.45, 2.75) is 19.3 Å². The minimum Gasteiger partial charge on any atom is -0.440 e. The van der Waals surface area contributed by atoms with Gasteiger partial charge in [-0.3, -0.25) is 0 Å². The third-order valence-electron chi connectivity index (χ3n) is 3.22. The fourth-order valence-corrected chi connectivity index (χ4v) is 2.28. The summed E-state index contributed by atoms with van der Waals surface area (Å²) in [5.41, 5.74) is 3.05. The highest BCUT2D eigenvalue weighted by Crippen LogP contribution is 2.29. The van der Waals surface area contributed by atoms with Crippen molar-refractivity contribution < 1.29 is 4.42 Å². The van der Waals surface area contributed by atoms with Crippen molar-refractivity contribution in [1.82, 2.24) is 4.98 Å². The molecule has 3 aromatic rings. The molecule has 1 heterocycles. The largest absolute Gasteiger partial charge is 0.440 e.